The van der Waals surface area contributed by atoms with Gasteiger partial charge in [-0.25, -0.2) is 4.98 Å². The number of carbonyl (C=O) groups excluding carboxylic acids is 1. The third-order valence-electron chi connectivity index (χ3n) is 4.57. The van der Waals surface area contributed by atoms with Crippen molar-refractivity contribution in [2.75, 3.05) is 11.9 Å². The summed E-state index contributed by atoms with van der Waals surface area (Å²) >= 11 is 12.3. The maximum atomic E-state index is 12.7. The number of aromatic nitrogens is 2. The summed E-state index contributed by atoms with van der Waals surface area (Å²) in [5.74, 6) is -2.27. The second-order valence-electron chi connectivity index (χ2n) is 7.88. The Labute approximate surface area is 217 Å². The third kappa shape index (κ3) is 8.88. The number of nitrogens with one attached hydrogen (secondary N) is 3. The van der Waals surface area contributed by atoms with E-state index in [0.717, 1.165) is 16.7 Å². The van der Waals surface area contributed by atoms with Crippen molar-refractivity contribution in [3.63, 3.8) is 0 Å². The van der Waals surface area contributed by atoms with Gasteiger partial charge in [0.15, 0.2) is 0 Å². The zero-order chi connectivity index (χ0) is 26.8. The Morgan fingerprint density at radius 2 is 1.78 bits per heavy atom. The number of aliphatic hydroxyl groups excluding tert-OH is 1. The monoisotopic (exact) mass is 536 g/mol. The highest BCUT2D eigenvalue weighted by atomic mass is 35.5. The topological polar surface area (TPSA) is 165 Å². The fourth-order valence-corrected chi connectivity index (χ4v) is 3.45. The molecule has 2 heterocycles. The van der Waals surface area contributed by atoms with Gasteiger partial charge in [0, 0.05) is 34.6 Å². The molecule has 1 atom stereocenters. The highest BCUT2D eigenvalue weighted by Gasteiger charge is 2.18. The van der Waals surface area contributed by atoms with Crippen LogP contribution in [0.5, 0.6) is 0 Å². The van der Waals surface area contributed by atoms with Gasteiger partial charge < -0.3 is 30.9 Å². The number of pyridine rings is 1. The molecule has 10 nitrogen and oxygen atoms in total. The normalized spacial score (nSPS) is 11.3. The van der Waals surface area contributed by atoms with Gasteiger partial charge in [0.25, 0.3) is 5.91 Å². The number of carbonyl (C=O) groups is 3. The molecule has 0 radical (unpaired) electrons. The molecule has 0 saturated heterocycles. The van der Waals surface area contributed by atoms with Crippen LogP contribution in [0.1, 0.15) is 42.4 Å². The van der Waals surface area contributed by atoms with E-state index in [0.29, 0.717) is 21.6 Å². The Morgan fingerprint density at radius 1 is 1.08 bits per heavy atom. The first-order chi connectivity index (χ1) is 17.0. The van der Waals surface area contributed by atoms with Crippen molar-refractivity contribution in [3.05, 3.63) is 70.1 Å². The Hall–Kier alpha value is -3.60. The van der Waals surface area contributed by atoms with Gasteiger partial charge in [-0.1, -0.05) is 35.3 Å². The van der Waals surface area contributed by atoms with Crippen LogP contribution < -0.4 is 10.6 Å². The Morgan fingerprint density at radius 3 is 2.33 bits per heavy atom. The fraction of sp³-hybridized carbons (Fsp3) is 0.250. The van der Waals surface area contributed by atoms with Crippen LogP contribution in [0.3, 0.4) is 0 Å². The lowest BCUT2D eigenvalue weighted by Gasteiger charge is -2.16. The number of nitrogens with zero attached hydrogens (tertiary/aromatic N) is 1. The number of carboxylic acid groups (broad SMARTS) is 2. The largest absolute Gasteiger partial charge is 0.481 e. The maximum absolute atomic E-state index is 12.7. The molecule has 6 N–H and O–H groups in total. The van der Waals surface area contributed by atoms with Gasteiger partial charge in [-0.3, -0.25) is 14.4 Å². The van der Waals surface area contributed by atoms with E-state index < -0.39 is 24.4 Å². The summed E-state index contributed by atoms with van der Waals surface area (Å²) in [6.07, 6.45) is 2.48. The van der Waals surface area contributed by atoms with Crippen molar-refractivity contribution >= 4 is 46.9 Å². The van der Waals surface area contributed by atoms with E-state index in [2.05, 4.69) is 20.6 Å². The Kier molecular flexibility index (Phi) is 10.7. The van der Waals surface area contributed by atoms with Crippen molar-refractivity contribution in [1.29, 1.82) is 0 Å². The van der Waals surface area contributed by atoms with Crippen molar-refractivity contribution in [2.24, 2.45) is 0 Å². The van der Waals surface area contributed by atoms with Crippen LogP contribution in [0.15, 0.2) is 48.8 Å². The van der Waals surface area contributed by atoms with Crippen LogP contribution in [0.4, 0.5) is 5.82 Å². The molecule has 3 rings (SSSR count). The molecular formula is C24H26Cl2N4O6. The molecule has 0 aliphatic rings. The molecule has 192 valence electrons. The molecule has 0 fully saturated rings. The Bertz CT molecular complexity index is 1200. The minimum absolute atomic E-state index is 0.228. The zero-order valence-corrected chi connectivity index (χ0v) is 21.0. The molecule has 1 amide bonds. The van der Waals surface area contributed by atoms with Crippen molar-refractivity contribution in [3.8, 4) is 11.1 Å². The summed E-state index contributed by atoms with van der Waals surface area (Å²) in [5.41, 5.74) is 2.60. The predicted molar refractivity (Wildman–Crippen MR) is 136 cm³/mol. The van der Waals surface area contributed by atoms with Crippen LogP contribution in [0.25, 0.3) is 11.1 Å². The number of hydrogen-bond donors (Lipinski definition) is 6. The summed E-state index contributed by atoms with van der Waals surface area (Å²) in [6, 6.07) is 10.2. The number of aliphatic hydroxyl groups is 1. The lowest BCUT2D eigenvalue weighted by atomic mass is 10.1. The van der Waals surface area contributed by atoms with Gasteiger partial charge in [0.2, 0.25) is 0 Å². The molecule has 12 heteroatoms. The molecule has 36 heavy (non-hydrogen) atoms. The number of aliphatic carboxylic acids is 2. The number of rotatable bonds is 9. The average molecular weight is 537 g/mol. The fourth-order valence-electron chi connectivity index (χ4n) is 3.04. The van der Waals surface area contributed by atoms with Gasteiger partial charge in [-0.05, 0) is 43.7 Å². The van der Waals surface area contributed by atoms with Gasteiger partial charge in [0.1, 0.15) is 17.9 Å². The number of aromatic amines is 1. The van der Waals surface area contributed by atoms with Crippen molar-refractivity contribution in [2.45, 2.75) is 32.4 Å². The summed E-state index contributed by atoms with van der Waals surface area (Å²) in [6.45, 7) is 3.79. The smallest absolute Gasteiger partial charge is 0.314 e. The van der Waals surface area contributed by atoms with Crippen LogP contribution in [-0.2, 0) is 9.59 Å². The number of halogens is 2. The molecular weight excluding hydrogens is 511 g/mol. The van der Waals surface area contributed by atoms with Gasteiger partial charge >= 0.3 is 11.9 Å². The van der Waals surface area contributed by atoms with Gasteiger partial charge in [-0.15, -0.1) is 0 Å². The molecule has 0 aliphatic heterocycles. The minimum atomic E-state index is -1.31. The van der Waals surface area contributed by atoms with E-state index in [-0.39, 0.29) is 18.6 Å². The first kappa shape index (κ1) is 28.6. The maximum Gasteiger partial charge on any atom is 0.314 e. The molecule has 0 spiro atoms. The molecule has 2 aromatic heterocycles. The van der Waals surface area contributed by atoms with E-state index in [9.17, 15) is 19.5 Å². The number of anilines is 1. The number of hydrogen-bond acceptors (Lipinski definition) is 6. The van der Waals surface area contributed by atoms with Crippen molar-refractivity contribution in [1.82, 2.24) is 15.3 Å². The van der Waals surface area contributed by atoms with Gasteiger partial charge in [-0.2, -0.15) is 0 Å². The number of amides is 1. The van der Waals surface area contributed by atoms with Crippen LogP contribution >= 0.6 is 23.2 Å². The molecule has 1 aromatic carbocycles. The van der Waals surface area contributed by atoms with E-state index in [1.807, 2.05) is 19.9 Å². The first-order valence-corrected chi connectivity index (χ1v) is 11.5. The van der Waals surface area contributed by atoms with Gasteiger partial charge in [0.05, 0.1) is 17.7 Å². The zero-order valence-electron chi connectivity index (χ0n) is 19.5. The summed E-state index contributed by atoms with van der Waals surface area (Å²) in [5, 5.41) is 32.2. The molecule has 3 aromatic rings. The summed E-state index contributed by atoms with van der Waals surface area (Å²) in [4.78, 5) is 38.8. The number of benzene rings is 1. The highest BCUT2D eigenvalue weighted by Crippen LogP contribution is 2.30. The quantitative estimate of drug-likeness (QED) is 0.221. The molecule has 0 saturated carbocycles. The van der Waals surface area contributed by atoms with Crippen LogP contribution in [0.2, 0.25) is 10.0 Å². The first-order valence-electron chi connectivity index (χ1n) is 10.7. The molecule has 1 unspecified atom stereocenters. The average Bonchev–Trinajstić information content (AvgIpc) is 3.28. The Balaban J connectivity index is 0.000000572. The number of carboxylic acids is 2. The van der Waals surface area contributed by atoms with E-state index in [4.69, 9.17) is 33.4 Å². The summed E-state index contributed by atoms with van der Waals surface area (Å²) < 4.78 is 0. The van der Waals surface area contributed by atoms with E-state index in [1.54, 1.807) is 42.7 Å². The van der Waals surface area contributed by atoms with Crippen molar-refractivity contribution < 1.29 is 29.7 Å². The standard InChI is InChI=1S/C21H22Cl2N4O2.C3H4O4/c1-12(2)26-20-8-16(17(23)10-25-20)14-7-18(24-9-14)21(29)27-19(11-28)13-4-3-5-15(22)6-13;4-2(5)1-3(6)7/h3-10,12,19,24,28H,11H2,1-2H3,(H,25,26)(H,27,29);1H2,(H,4,5)(H,6,7). The second-order valence-corrected chi connectivity index (χ2v) is 8.72. The molecule has 0 bridgehead atoms. The van der Waals surface area contributed by atoms with E-state index in [1.165, 1.54) is 0 Å². The highest BCUT2D eigenvalue weighted by molar-refractivity contribution is 6.33. The lowest BCUT2D eigenvalue weighted by Crippen LogP contribution is -2.31. The predicted octanol–water partition coefficient (Wildman–Crippen LogP) is 4.21. The van der Waals surface area contributed by atoms with E-state index >= 15 is 0 Å². The SMILES string of the molecule is CC(C)Nc1cc(-c2c[nH]c(C(=O)NC(CO)c3cccc(Cl)c3)c2)c(Cl)cn1.O=C(O)CC(=O)O. The number of H-pyrrole nitrogens is 1. The second kappa shape index (κ2) is 13.5. The van der Waals surface area contributed by atoms with Crippen LogP contribution in [0, 0.1) is 0 Å². The summed E-state index contributed by atoms with van der Waals surface area (Å²) in [7, 11) is 0. The lowest BCUT2D eigenvalue weighted by molar-refractivity contribution is -0.147. The van der Waals surface area contributed by atoms with Crippen LogP contribution in [-0.4, -0.2) is 55.8 Å². The third-order valence-corrected chi connectivity index (χ3v) is 5.11. The minimum Gasteiger partial charge on any atom is -0.481 e. The molecule has 0 aliphatic carbocycles.